The van der Waals surface area contributed by atoms with Crippen molar-refractivity contribution in [2.24, 2.45) is 5.41 Å². The van der Waals surface area contributed by atoms with E-state index in [-0.39, 0.29) is 32.2 Å². The number of aliphatic hydroxyl groups is 1. The quantitative estimate of drug-likeness (QED) is 0.870. The van der Waals surface area contributed by atoms with Gasteiger partial charge in [-0.2, -0.15) is 0 Å². The summed E-state index contributed by atoms with van der Waals surface area (Å²) >= 11 is 0. The van der Waals surface area contributed by atoms with Gasteiger partial charge >= 0.3 is 6.09 Å². The zero-order chi connectivity index (χ0) is 19.4. The van der Waals surface area contributed by atoms with Gasteiger partial charge in [0.1, 0.15) is 12.3 Å². The number of fused-ring (bicyclic) bond motifs is 4. The number of ether oxygens (including phenoxy) is 1. The monoisotopic (exact) mass is 381 g/mol. The van der Waals surface area contributed by atoms with Gasteiger partial charge in [0.25, 0.3) is 0 Å². The smallest absolute Gasteiger partial charge is 0.409 e. The molecule has 3 aliphatic rings. The fraction of sp³-hybridized carbons (Fsp3) is 0.435. The molecule has 146 valence electrons. The molecule has 1 heterocycles. The van der Waals surface area contributed by atoms with Gasteiger partial charge in [-0.3, -0.25) is 0 Å². The van der Waals surface area contributed by atoms with Gasteiger partial charge in [0.15, 0.2) is 0 Å². The second-order valence-electron chi connectivity index (χ2n) is 8.42. The molecule has 2 aliphatic carbocycles. The molecule has 2 atom stereocenters. The number of alkyl halides is 1. The van der Waals surface area contributed by atoms with Crippen molar-refractivity contribution < 1.29 is 19.0 Å². The molecule has 1 saturated heterocycles. The van der Waals surface area contributed by atoms with Gasteiger partial charge < -0.3 is 14.7 Å². The minimum atomic E-state index is -1.49. The number of carbonyl (C=O) groups excluding carboxylic acids is 1. The maximum Gasteiger partial charge on any atom is 0.409 e. The summed E-state index contributed by atoms with van der Waals surface area (Å²) in [6, 6.07) is 16.4. The third-order valence-electron chi connectivity index (χ3n) is 7.01. The minimum absolute atomic E-state index is 0.00964. The van der Waals surface area contributed by atoms with Crippen LogP contribution in [0, 0.1) is 5.41 Å². The van der Waals surface area contributed by atoms with Crippen LogP contribution < -0.4 is 0 Å². The van der Waals surface area contributed by atoms with Crippen LogP contribution in [0.25, 0.3) is 11.1 Å². The SMILES string of the molecule is O=C(OCC1c2ccccc2-c2ccccc21)N1C[C@]2(F)CCC[C@]2(CO)C1. The average Bonchev–Trinajstić information content (AvgIpc) is 3.30. The molecule has 1 saturated carbocycles. The molecule has 0 spiro atoms. The highest BCUT2D eigenvalue weighted by Gasteiger charge is 2.62. The summed E-state index contributed by atoms with van der Waals surface area (Å²) in [5.74, 6) is -0.00964. The Morgan fingerprint density at radius 1 is 1.07 bits per heavy atom. The van der Waals surface area contributed by atoms with Gasteiger partial charge in [-0.25, -0.2) is 9.18 Å². The first-order valence-electron chi connectivity index (χ1n) is 9.97. The first-order chi connectivity index (χ1) is 13.6. The molecule has 0 bridgehead atoms. The van der Waals surface area contributed by atoms with Gasteiger partial charge in [-0.1, -0.05) is 48.5 Å². The molecule has 1 aliphatic heterocycles. The van der Waals surface area contributed by atoms with Gasteiger partial charge in [-0.05, 0) is 41.5 Å². The molecule has 1 amide bonds. The third kappa shape index (κ3) is 2.42. The zero-order valence-electron chi connectivity index (χ0n) is 15.7. The highest BCUT2D eigenvalue weighted by Crippen LogP contribution is 2.54. The van der Waals surface area contributed by atoms with Crippen LogP contribution in [0.1, 0.15) is 36.3 Å². The number of hydrogen-bond acceptors (Lipinski definition) is 3. The number of hydrogen-bond donors (Lipinski definition) is 1. The largest absolute Gasteiger partial charge is 0.448 e. The Morgan fingerprint density at radius 2 is 1.71 bits per heavy atom. The highest BCUT2D eigenvalue weighted by atomic mass is 19.1. The van der Waals surface area contributed by atoms with Gasteiger partial charge in [0.05, 0.1) is 13.2 Å². The van der Waals surface area contributed by atoms with E-state index >= 15 is 4.39 Å². The van der Waals surface area contributed by atoms with E-state index in [2.05, 4.69) is 24.3 Å². The zero-order valence-corrected chi connectivity index (χ0v) is 15.7. The van der Waals surface area contributed by atoms with Crippen molar-refractivity contribution in [1.82, 2.24) is 4.90 Å². The Bertz CT molecular complexity index is 886. The van der Waals surface area contributed by atoms with E-state index in [1.165, 1.54) is 16.0 Å². The Morgan fingerprint density at radius 3 is 2.32 bits per heavy atom. The van der Waals surface area contributed by atoms with Crippen molar-refractivity contribution in [3.63, 3.8) is 0 Å². The standard InChI is InChI=1S/C23H24FNO3/c24-23-11-5-10-22(23,15-26)13-25(14-23)21(27)28-12-20-18-8-3-1-6-16(18)17-7-2-4-9-19(17)20/h1-4,6-9,20,26H,5,10-15H2/t22-,23-/m1/s1. The van der Waals surface area contributed by atoms with Crippen molar-refractivity contribution in [3.8, 4) is 11.1 Å². The summed E-state index contributed by atoms with van der Waals surface area (Å²) in [6.45, 7) is 0.256. The molecular weight excluding hydrogens is 357 g/mol. The van der Waals surface area contributed by atoms with E-state index in [0.717, 1.165) is 17.5 Å². The molecule has 2 aromatic carbocycles. The number of halogens is 1. The lowest BCUT2D eigenvalue weighted by Gasteiger charge is -2.30. The van der Waals surface area contributed by atoms with Crippen molar-refractivity contribution >= 4 is 6.09 Å². The second-order valence-corrected chi connectivity index (χ2v) is 8.42. The average molecular weight is 381 g/mol. The molecular formula is C23H24FNO3. The lowest BCUT2D eigenvalue weighted by molar-refractivity contribution is 0.0202. The molecule has 28 heavy (non-hydrogen) atoms. The number of carbonyl (C=O) groups is 1. The number of aliphatic hydroxyl groups excluding tert-OH is 1. The van der Waals surface area contributed by atoms with Crippen LogP contribution in [-0.2, 0) is 4.74 Å². The molecule has 0 radical (unpaired) electrons. The third-order valence-corrected chi connectivity index (χ3v) is 7.01. The fourth-order valence-electron chi connectivity index (χ4n) is 5.47. The van der Waals surface area contributed by atoms with Crippen molar-refractivity contribution in [3.05, 3.63) is 59.7 Å². The molecule has 1 N–H and O–H groups in total. The number of amides is 1. The number of likely N-dealkylation sites (tertiary alicyclic amines) is 1. The summed E-state index contributed by atoms with van der Waals surface area (Å²) < 4.78 is 21.0. The predicted octanol–water partition coefficient (Wildman–Crippen LogP) is 4.12. The van der Waals surface area contributed by atoms with Crippen LogP contribution in [-0.4, -0.2) is 48.1 Å². The summed E-state index contributed by atoms with van der Waals surface area (Å²) in [5, 5.41) is 9.79. The summed E-state index contributed by atoms with van der Waals surface area (Å²) in [7, 11) is 0. The molecule has 5 heteroatoms. The summed E-state index contributed by atoms with van der Waals surface area (Å²) in [6.07, 6.45) is 1.30. The molecule has 5 rings (SSSR count). The van der Waals surface area contributed by atoms with Gasteiger partial charge in [0, 0.05) is 17.9 Å². The fourth-order valence-corrected chi connectivity index (χ4v) is 5.47. The number of rotatable bonds is 3. The van der Waals surface area contributed by atoms with E-state index in [4.69, 9.17) is 4.74 Å². The topological polar surface area (TPSA) is 49.8 Å². The second kappa shape index (κ2) is 6.31. The van der Waals surface area contributed by atoms with Crippen LogP contribution >= 0.6 is 0 Å². The Balaban J connectivity index is 1.33. The molecule has 0 unspecified atom stereocenters. The van der Waals surface area contributed by atoms with Crippen LogP contribution in [0.2, 0.25) is 0 Å². The maximum atomic E-state index is 15.3. The van der Waals surface area contributed by atoms with Crippen LogP contribution in [0.5, 0.6) is 0 Å². The normalized spacial score (nSPS) is 28.1. The number of nitrogens with zero attached hydrogens (tertiary/aromatic N) is 1. The first kappa shape index (κ1) is 17.7. The van der Waals surface area contributed by atoms with Crippen LogP contribution in [0.3, 0.4) is 0 Å². The van der Waals surface area contributed by atoms with Crippen LogP contribution in [0.4, 0.5) is 9.18 Å². The lowest BCUT2D eigenvalue weighted by Crippen LogP contribution is -2.41. The van der Waals surface area contributed by atoms with E-state index in [9.17, 15) is 9.90 Å². The first-order valence-corrected chi connectivity index (χ1v) is 9.97. The Hall–Kier alpha value is -2.40. The minimum Gasteiger partial charge on any atom is -0.448 e. The van der Waals surface area contributed by atoms with Crippen molar-refractivity contribution in [1.29, 1.82) is 0 Å². The van der Waals surface area contributed by atoms with Gasteiger partial charge in [0.2, 0.25) is 0 Å². The molecule has 2 fully saturated rings. The molecule has 0 aromatic heterocycles. The lowest BCUT2D eigenvalue weighted by atomic mass is 9.79. The maximum absolute atomic E-state index is 15.3. The van der Waals surface area contributed by atoms with E-state index in [1.54, 1.807) is 0 Å². The highest BCUT2D eigenvalue weighted by molar-refractivity contribution is 5.79. The Kier molecular flexibility index (Phi) is 3.98. The predicted molar refractivity (Wildman–Crippen MR) is 104 cm³/mol. The molecule has 2 aromatic rings. The van der Waals surface area contributed by atoms with Gasteiger partial charge in [-0.15, -0.1) is 0 Å². The van der Waals surface area contributed by atoms with Crippen molar-refractivity contribution in [2.75, 3.05) is 26.3 Å². The summed E-state index contributed by atoms with van der Waals surface area (Å²) in [4.78, 5) is 14.2. The van der Waals surface area contributed by atoms with Crippen molar-refractivity contribution in [2.45, 2.75) is 30.8 Å². The Labute approximate surface area is 163 Å². The van der Waals surface area contributed by atoms with E-state index in [0.29, 0.717) is 12.8 Å². The van der Waals surface area contributed by atoms with Crippen LogP contribution in [0.15, 0.2) is 48.5 Å². The number of benzene rings is 2. The molecule has 4 nitrogen and oxygen atoms in total. The summed E-state index contributed by atoms with van der Waals surface area (Å²) in [5.41, 5.74) is 2.35. The van der Waals surface area contributed by atoms with E-state index in [1.807, 2.05) is 24.3 Å². The van der Waals surface area contributed by atoms with E-state index < -0.39 is 17.2 Å².